The summed E-state index contributed by atoms with van der Waals surface area (Å²) in [6.07, 6.45) is 0. The van der Waals surface area contributed by atoms with E-state index in [4.69, 9.17) is 17.5 Å². The molecule has 0 aromatic rings. The SMILES string of the molecule is O.O=S(=O)([O-])[O-].[BaH2].[Pd+2]. The average Bonchev–Trinajstić information content (AvgIpc) is 0.722. The minimum Gasteiger partial charge on any atom is 2.00 e. The zero-order valence-corrected chi connectivity index (χ0v) is 5.23. The molecule has 0 radical (unpaired) electrons. The molecule has 0 unspecified atom stereocenters. The maximum atomic E-state index is 8.52. The first-order valence-electron chi connectivity index (χ1n) is 0.667. The summed E-state index contributed by atoms with van der Waals surface area (Å²) in [7, 11) is -5.17. The molecule has 0 saturated carbocycles. The molecule has 8 heavy (non-hydrogen) atoms. The van der Waals surface area contributed by atoms with Gasteiger partial charge in [-0.1, -0.05) is 0 Å². The van der Waals surface area contributed by atoms with Crippen molar-refractivity contribution < 1.29 is 43.4 Å². The molecular weight excluding hydrogens is 356 g/mol. The summed E-state index contributed by atoms with van der Waals surface area (Å²) in [6, 6.07) is 0. The molecule has 0 fully saturated rings. The summed E-state index contributed by atoms with van der Waals surface area (Å²) in [5, 5.41) is 0. The molecule has 0 amide bonds. The quantitative estimate of drug-likeness (QED) is 0.259. The zero-order valence-electron chi connectivity index (χ0n) is 2.86. The van der Waals surface area contributed by atoms with Crippen LogP contribution < -0.4 is 0 Å². The van der Waals surface area contributed by atoms with Gasteiger partial charge in [-0.05, 0) is 0 Å². The molecule has 0 aliphatic heterocycles. The van der Waals surface area contributed by atoms with Gasteiger partial charge in [0, 0.05) is 10.4 Å². The minimum absolute atomic E-state index is 0. The predicted molar refractivity (Wildman–Crippen MR) is 22.6 cm³/mol. The van der Waals surface area contributed by atoms with E-state index in [9.17, 15) is 0 Å². The molecule has 0 saturated heterocycles. The van der Waals surface area contributed by atoms with Crippen LogP contribution >= 0.6 is 0 Å². The van der Waals surface area contributed by atoms with Crippen LogP contribution in [-0.2, 0) is 30.8 Å². The van der Waals surface area contributed by atoms with Crippen molar-refractivity contribution in [3.05, 3.63) is 0 Å². The fourth-order valence-electron chi connectivity index (χ4n) is 0. The molecule has 0 atom stereocenters. The molecule has 0 rings (SSSR count). The van der Waals surface area contributed by atoms with Crippen molar-refractivity contribution in [2.75, 3.05) is 0 Å². The van der Waals surface area contributed by atoms with E-state index in [1.54, 1.807) is 0 Å². The maximum absolute atomic E-state index is 8.52. The Morgan fingerprint density at radius 3 is 1.12 bits per heavy atom. The Kier molecular flexibility index (Phi) is 25.5. The van der Waals surface area contributed by atoms with Gasteiger partial charge in [0.2, 0.25) is 0 Å². The largest absolute Gasteiger partial charge is 2.00 e. The molecule has 8 heteroatoms. The van der Waals surface area contributed by atoms with Gasteiger partial charge < -0.3 is 14.6 Å². The van der Waals surface area contributed by atoms with Crippen molar-refractivity contribution in [3.63, 3.8) is 0 Å². The fourth-order valence-corrected chi connectivity index (χ4v) is 0. The van der Waals surface area contributed by atoms with Gasteiger partial charge in [-0.25, -0.2) is 0 Å². The van der Waals surface area contributed by atoms with Gasteiger partial charge in [-0.2, -0.15) is 0 Å². The summed E-state index contributed by atoms with van der Waals surface area (Å²) in [6.45, 7) is 0. The van der Waals surface area contributed by atoms with E-state index in [-0.39, 0.29) is 74.8 Å². The molecule has 0 spiro atoms. The Labute approximate surface area is 101 Å². The van der Waals surface area contributed by atoms with Crippen LogP contribution in [0.4, 0.5) is 0 Å². The third-order valence-corrected chi connectivity index (χ3v) is 0. The zero-order chi connectivity index (χ0) is 4.50. The Morgan fingerprint density at radius 1 is 1.12 bits per heavy atom. The molecule has 0 aromatic carbocycles. The van der Waals surface area contributed by atoms with Crippen LogP contribution in [-0.4, -0.2) is 71.9 Å². The van der Waals surface area contributed by atoms with Crippen LogP contribution in [0.25, 0.3) is 0 Å². The molecule has 0 aliphatic rings. The first-order chi connectivity index (χ1) is 2.00. The summed E-state index contributed by atoms with van der Waals surface area (Å²) < 4.78 is 34.1. The smallest absolute Gasteiger partial charge is 2.00 e. The summed E-state index contributed by atoms with van der Waals surface area (Å²) >= 11 is 0. The second-order valence-electron chi connectivity index (χ2n) is 0.408. The fraction of sp³-hybridized carbons (Fsp3) is 0. The van der Waals surface area contributed by atoms with Crippen LogP contribution in [0.5, 0.6) is 0 Å². The van der Waals surface area contributed by atoms with Gasteiger partial charge in [0.1, 0.15) is 0 Å². The number of rotatable bonds is 0. The van der Waals surface area contributed by atoms with E-state index in [2.05, 4.69) is 0 Å². The van der Waals surface area contributed by atoms with Crippen LogP contribution in [0.2, 0.25) is 0 Å². The Bertz CT molecular complexity index is 95.6. The summed E-state index contributed by atoms with van der Waals surface area (Å²) in [5.74, 6) is 0. The molecule has 0 aromatic heterocycles. The predicted octanol–water partition coefficient (Wildman–Crippen LogP) is -3.08. The van der Waals surface area contributed by atoms with Crippen LogP contribution in [0.3, 0.4) is 0 Å². The van der Waals surface area contributed by atoms with E-state index in [1.165, 1.54) is 0 Å². The molecule has 52 valence electrons. The van der Waals surface area contributed by atoms with Crippen LogP contribution in [0, 0.1) is 0 Å². The first kappa shape index (κ1) is 22.5. The Morgan fingerprint density at radius 2 is 1.12 bits per heavy atom. The molecule has 5 nitrogen and oxygen atoms in total. The topological polar surface area (TPSA) is 112 Å². The van der Waals surface area contributed by atoms with E-state index in [1.807, 2.05) is 0 Å². The maximum Gasteiger partial charge on any atom is 2.00 e. The van der Waals surface area contributed by atoms with Gasteiger partial charge in [-0.15, -0.1) is 0 Å². The van der Waals surface area contributed by atoms with Gasteiger partial charge >= 0.3 is 69.3 Å². The minimum atomic E-state index is -5.17. The van der Waals surface area contributed by atoms with Crippen molar-refractivity contribution in [1.82, 2.24) is 0 Å². The third kappa shape index (κ3) is 94.5. The summed E-state index contributed by atoms with van der Waals surface area (Å²) in [4.78, 5) is 0. The van der Waals surface area contributed by atoms with E-state index < -0.39 is 10.4 Å². The van der Waals surface area contributed by atoms with Gasteiger partial charge in [-0.3, -0.25) is 8.42 Å². The average molecular weight is 360 g/mol. The van der Waals surface area contributed by atoms with Crippen molar-refractivity contribution >= 4 is 59.3 Å². The molecule has 2 N–H and O–H groups in total. The molecule has 0 heterocycles. The van der Waals surface area contributed by atoms with Crippen LogP contribution in [0.1, 0.15) is 0 Å². The van der Waals surface area contributed by atoms with Gasteiger partial charge in [0.15, 0.2) is 0 Å². The van der Waals surface area contributed by atoms with E-state index in [0.717, 1.165) is 0 Å². The Hall–Kier alpha value is 2.06. The summed E-state index contributed by atoms with van der Waals surface area (Å²) in [5.41, 5.74) is 0. The van der Waals surface area contributed by atoms with Crippen molar-refractivity contribution in [2.45, 2.75) is 0 Å². The van der Waals surface area contributed by atoms with Crippen molar-refractivity contribution in [3.8, 4) is 0 Å². The van der Waals surface area contributed by atoms with Crippen molar-refractivity contribution in [1.29, 1.82) is 0 Å². The second-order valence-corrected chi connectivity index (χ2v) is 1.22. The van der Waals surface area contributed by atoms with Gasteiger partial charge in [0.05, 0.1) is 0 Å². The van der Waals surface area contributed by atoms with Gasteiger partial charge in [0.25, 0.3) is 0 Å². The normalized spacial score (nSPS) is 7.25. The second kappa shape index (κ2) is 9.06. The van der Waals surface area contributed by atoms with E-state index in [0.29, 0.717) is 0 Å². The van der Waals surface area contributed by atoms with E-state index >= 15 is 0 Å². The Balaban J connectivity index is -0.0000000267. The monoisotopic (exact) mass is 360 g/mol. The molecule has 0 bridgehead atoms. The third-order valence-electron chi connectivity index (χ3n) is 0. The first-order valence-corrected chi connectivity index (χ1v) is 2.00. The number of hydrogen-bond donors (Lipinski definition) is 0. The van der Waals surface area contributed by atoms with Crippen LogP contribution in [0.15, 0.2) is 0 Å². The molecule has 0 aliphatic carbocycles. The standard InChI is InChI=1S/Ba.H2O4S.H2O.Pd.2H/c;1-5(2,3)4;;;;/h;(H2,1,2,3,4);1H2;;;/q;;;+2;;/p-2. The van der Waals surface area contributed by atoms with Crippen molar-refractivity contribution in [2.24, 2.45) is 0 Å². The number of hydrogen-bond acceptors (Lipinski definition) is 4. The molecular formula is H4BaO5PdS.